The number of hydrogen-bond acceptors (Lipinski definition) is 5. The molecule has 0 unspecified atom stereocenters. The number of nitrogens with two attached hydrogens (primary N) is 1. The molecule has 0 radical (unpaired) electrons. The van der Waals surface area contributed by atoms with Crippen molar-refractivity contribution in [2.75, 3.05) is 13.7 Å². The minimum atomic E-state index is -3.67. The maximum Gasteiger partial charge on any atom is 0.238 e. The Morgan fingerprint density at radius 3 is 2.38 bits per heavy atom. The minimum Gasteiger partial charge on any atom is -0.493 e. The largest absolute Gasteiger partial charge is 0.493 e. The van der Waals surface area contributed by atoms with Crippen molar-refractivity contribution in [3.8, 4) is 11.5 Å². The number of primary sulfonamides is 1. The Bertz CT molecular complexity index is 1170. The van der Waals surface area contributed by atoms with Crippen molar-refractivity contribution >= 4 is 33.2 Å². The number of rotatable bonds is 10. The normalized spacial score (nSPS) is 11.4. The molecule has 9 heteroatoms. The molecule has 0 amide bonds. The molecule has 3 aromatic rings. The Labute approximate surface area is 198 Å². The number of ether oxygens (including phenoxy) is 2. The van der Waals surface area contributed by atoms with E-state index >= 15 is 0 Å². The quantitative estimate of drug-likeness (QED) is 0.403. The summed E-state index contributed by atoms with van der Waals surface area (Å²) in [6.45, 7) is 1.60. The second kappa shape index (κ2) is 11.0. The first-order chi connectivity index (χ1) is 15.3. The van der Waals surface area contributed by atoms with E-state index in [9.17, 15) is 8.42 Å². The van der Waals surface area contributed by atoms with Gasteiger partial charge in [-0.05, 0) is 66.1 Å². The predicted octanol–water partition coefficient (Wildman–Crippen LogP) is 4.56. The summed E-state index contributed by atoms with van der Waals surface area (Å²) in [5.74, 6) is 1.03. The molecule has 170 valence electrons. The second-order valence-electron chi connectivity index (χ2n) is 7.14. The smallest absolute Gasteiger partial charge is 0.238 e. The summed E-state index contributed by atoms with van der Waals surface area (Å²) < 4.78 is 34.0. The number of nitrogens with one attached hydrogen (secondary N) is 1. The van der Waals surface area contributed by atoms with Crippen LogP contribution in [-0.2, 0) is 29.6 Å². The fourth-order valence-electron chi connectivity index (χ4n) is 3.11. The summed E-state index contributed by atoms with van der Waals surface area (Å²) in [5, 5.41) is 9.57. The zero-order valence-electron chi connectivity index (χ0n) is 17.5. The minimum absolute atomic E-state index is 0.105. The van der Waals surface area contributed by atoms with E-state index in [1.807, 2.05) is 30.3 Å². The first kappa shape index (κ1) is 24.4. The molecule has 0 aliphatic heterocycles. The zero-order valence-corrected chi connectivity index (χ0v) is 19.8. The van der Waals surface area contributed by atoms with Crippen LogP contribution in [-0.4, -0.2) is 22.1 Å². The Kier molecular flexibility index (Phi) is 8.39. The lowest BCUT2D eigenvalue weighted by Gasteiger charge is -2.15. The van der Waals surface area contributed by atoms with Gasteiger partial charge in [-0.1, -0.05) is 47.5 Å². The van der Waals surface area contributed by atoms with Crippen LogP contribution in [0.3, 0.4) is 0 Å². The van der Waals surface area contributed by atoms with Gasteiger partial charge in [-0.25, -0.2) is 13.6 Å². The maximum atomic E-state index is 11.3. The van der Waals surface area contributed by atoms with Crippen molar-refractivity contribution in [2.24, 2.45) is 5.14 Å². The Morgan fingerprint density at radius 2 is 1.72 bits per heavy atom. The molecule has 0 heterocycles. The zero-order chi connectivity index (χ0) is 23.1. The van der Waals surface area contributed by atoms with E-state index in [2.05, 4.69) is 5.32 Å². The van der Waals surface area contributed by atoms with Crippen molar-refractivity contribution in [2.45, 2.75) is 24.5 Å². The van der Waals surface area contributed by atoms with Crippen LogP contribution in [0.5, 0.6) is 11.5 Å². The van der Waals surface area contributed by atoms with Crippen LogP contribution in [0.1, 0.15) is 16.7 Å². The average molecular weight is 495 g/mol. The van der Waals surface area contributed by atoms with Gasteiger partial charge in [0.2, 0.25) is 10.0 Å². The molecule has 0 aliphatic carbocycles. The maximum absolute atomic E-state index is 11.3. The number of halogens is 2. The van der Waals surface area contributed by atoms with E-state index in [-0.39, 0.29) is 4.90 Å². The number of hydrogen-bond donors (Lipinski definition) is 2. The third-order valence-corrected chi connectivity index (χ3v) is 6.18. The van der Waals surface area contributed by atoms with E-state index in [4.69, 9.17) is 37.8 Å². The van der Waals surface area contributed by atoms with Crippen molar-refractivity contribution in [1.82, 2.24) is 5.32 Å². The van der Waals surface area contributed by atoms with Gasteiger partial charge >= 0.3 is 0 Å². The highest BCUT2D eigenvalue weighted by Gasteiger charge is 2.13. The van der Waals surface area contributed by atoms with Crippen LogP contribution in [0.2, 0.25) is 10.0 Å². The lowest BCUT2D eigenvalue weighted by atomic mass is 10.1. The summed E-state index contributed by atoms with van der Waals surface area (Å²) >= 11 is 12.5. The fourth-order valence-corrected chi connectivity index (χ4v) is 4.13. The molecule has 32 heavy (non-hydrogen) atoms. The van der Waals surface area contributed by atoms with Gasteiger partial charge in [-0.15, -0.1) is 0 Å². The van der Waals surface area contributed by atoms with E-state index in [0.717, 1.165) is 23.1 Å². The van der Waals surface area contributed by atoms with Crippen LogP contribution >= 0.6 is 23.2 Å². The lowest BCUT2D eigenvalue weighted by Crippen LogP contribution is -2.17. The topological polar surface area (TPSA) is 90.6 Å². The molecule has 0 aliphatic rings. The molecular weight excluding hydrogens is 471 g/mol. The van der Waals surface area contributed by atoms with Crippen LogP contribution in [0.4, 0.5) is 0 Å². The van der Waals surface area contributed by atoms with Gasteiger partial charge in [-0.2, -0.15) is 0 Å². The predicted molar refractivity (Wildman–Crippen MR) is 127 cm³/mol. The van der Waals surface area contributed by atoms with Gasteiger partial charge in [0.1, 0.15) is 6.61 Å². The molecule has 3 N–H and O–H groups in total. The van der Waals surface area contributed by atoms with Crippen LogP contribution in [0.15, 0.2) is 65.6 Å². The molecule has 0 saturated carbocycles. The Hall–Kier alpha value is -2.29. The highest BCUT2D eigenvalue weighted by atomic mass is 35.5. The number of sulfonamides is 1. The molecule has 0 saturated heterocycles. The van der Waals surface area contributed by atoms with Crippen LogP contribution < -0.4 is 19.9 Å². The third-order valence-electron chi connectivity index (χ3n) is 4.73. The number of methoxy groups -OCH3 is 1. The Morgan fingerprint density at radius 1 is 0.969 bits per heavy atom. The highest BCUT2D eigenvalue weighted by molar-refractivity contribution is 7.89. The molecule has 3 rings (SSSR count). The molecule has 0 fully saturated rings. The van der Waals surface area contributed by atoms with Gasteiger partial charge in [0, 0.05) is 11.6 Å². The SMILES string of the molecule is COc1cc(CNCCc2ccc(S(N)(=O)=O)cc2)cc(Cl)c1OCc1cccc(Cl)c1. The Balaban J connectivity index is 1.56. The summed E-state index contributed by atoms with van der Waals surface area (Å²) in [4.78, 5) is 0.105. The third kappa shape index (κ3) is 6.85. The van der Waals surface area contributed by atoms with E-state index in [1.54, 1.807) is 25.3 Å². The molecule has 6 nitrogen and oxygen atoms in total. The first-order valence-corrected chi connectivity index (χ1v) is 12.1. The van der Waals surface area contributed by atoms with E-state index in [1.165, 1.54) is 12.1 Å². The van der Waals surface area contributed by atoms with Crippen molar-refractivity contribution in [3.05, 3.63) is 87.4 Å². The van der Waals surface area contributed by atoms with Gasteiger partial charge in [0.25, 0.3) is 0 Å². The van der Waals surface area contributed by atoms with Gasteiger partial charge in [0.05, 0.1) is 17.0 Å². The van der Waals surface area contributed by atoms with Crippen molar-refractivity contribution in [3.63, 3.8) is 0 Å². The fraction of sp³-hybridized carbons (Fsp3) is 0.217. The van der Waals surface area contributed by atoms with Gasteiger partial charge in [-0.3, -0.25) is 0 Å². The van der Waals surface area contributed by atoms with Gasteiger partial charge in [0.15, 0.2) is 11.5 Å². The standard InChI is InChI=1S/C23H24Cl2N2O4S/c1-30-22-13-18(12-21(25)23(22)31-15-17-3-2-4-19(24)11-17)14-27-10-9-16-5-7-20(8-6-16)32(26,28)29/h2-8,11-13,27H,9-10,14-15H2,1H3,(H2,26,28,29). The molecule has 0 atom stereocenters. The summed E-state index contributed by atoms with van der Waals surface area (Å²) in [6.07, 6.45) is 0.733. The number of benzene rings is 3. The second-order valence-corrected chi connectivity index (χ2v) is 9.55. The monoisotopic (exact) mass is 494 g/mol. The molecule has 0 bridgehead atoms. The molecular formula is C23H24Cl2N2O4S. The van der Waals surface area contributed by atoms with E-state index < -0.39 is 10.0 Å². The summed E-state index contributed by atoms with van der Waals surface area (Å²) in [7, 11) is -2.10. The summed E-state index contributed by atoms with van der Waals surface area (Å²) in [5.41, 5.74) is 2.88. The highest BCUT2D eigenvalue weighted by Crippen LogP contribution is 2.37. The van der Waals surface area contributed by atoms with E-state index in [0.29, 0.717) is 41.2 Å². The molecule has 0 spiro atoms. The van der Waals surface area contributed by atoms with Crippen molar-refractivity contribution < 1.29 is 17.9 Å². The average Bonchev–Trinajstić information content (AvgIpc) is 2.75. The first-order valence-electron chi connectivity index (χ1n) is 9.82. The van der Waals surface area contributed by atoms with Crippen molar-refractivity contribution in [1.29, 1.82) is 0 Å². The lowest BCUT2D eigenvalue weighted by molar-refractivity contribution is 0.284. The molecule has 0 aromatic heterocycles. The van der Waals surface area contributed by atoms with Crippen LogP contribution in [0, 0.1) is 0 Å². The molecule has 3 aromatic carbocycles. The summed E-state index contributed by atoms with van der Waals surface area (Å²) in [6, 6.07) is 17.7. The van der Waals surface area contributed by atoms with Crippen LogP contribution in [0.25, 0.3) is 0 Å². The van der Waals surface area contributed by atoms with Gasteiger partial charge < -0.3 is 14.8 Å².